The van der Waals surface area contributed by atoms with E-state index in [0.29, 0.717) is 9.87 Å². The molecule has 34 heavy (non-hydrogen) atoms. The third kappa shape index (κ3) is 4.42. The molecule has 0 fully saturated rings. The van der Waals surface area contributed by atoms with Crippen LogP contribution < -0.4 is 14.5 Å². The molecule has 0 unspecified atom stereocenters. The molecule has 1 N–H and O–H groups in total. The number of urea groups is 1. The molecule has 0 aromatic heterocycles. The molecular formula is C25H23N3O5S. The second-order valence-corrected chi connectivity index (χ2v) is 9.73. The fourth-order valence-electron chi connectivity index (χ4n) is 3.65. The van der Waals surface area contributed by atoms with Crippen LogP contribution in [0.2, 0.25) is 0 Å². The van der Waals surface area contributed by atoms with Crippen molar-refractivity contribution >= 4 is 39.1 Å². The van der Waals surface area contributed by atoms with Gasteiger partial charge in [-0.2, -0.15) is 4.31 Å². The Morgan fingerprint density at radius 3 is 2.21 bits per heavy atom. The van der Waals surface area contributed by atoms with Crippen molar-refractivity contribution in [2.75, 3.05) is 15.7 Å². The number of carbonyl (C=O) groups excluding carboxylic acids is 3. The zero-order chi connectivity index (χ0) is 24.5. The van der Waals surface area contributed by atoms with Gasteiger partial charge in [0.15, 0.2) is 5.78 Å². The molecule has 9 heteroatoms. The molecule has 0 radical (unpaired) electrons. The number of rotatable bonds is 6. The minimum Gasteiger partial charge on any atom is -0.350 e. The van der Waals surface area contributed by atoms with E-state index in [9.17, 15) is 22.8 Å². The van der Waals surface area contributed by atoms with E-state index in [-0.39, 0.29) is 35.1 Å². The first-order valence-electron chi connectivity index (χ1n) is 10.6. The van der Waals surface area contributed by atoms with Crippen LogP contribution in [0.5, 0.6) is 0 Å². The number of Topliss-reactive ketones (excluding diaryl/α,β-unsaturated/α-hetero) is 1. The zero-order valence-corrected chi connectivity index (χ0v) is 19.5. The number of hydrogen-bond donors (Lipinski definition) is 1. The van der Waals surface area contributed by atoms with Gasteiger partial charge in [0.05, 0.1) is 11.4 Å². The summed E-state index contributed by atoms with van der Waals surface area (Å²) in [6.45, 7) is 3.27. The van der Waals surface area contributed by atoms with Crippen LogP contribution in [0, 0.1) is 6.92 Å². The van der Waals surface area contributed by atoms with Gasteiger partial charge in [-0.1, -0.05) is 42.0 Å². The molecule has 0 spiro atoms. The van der Waals surface area contributed by atoms with Gasteiger partial charge in [-0.05, 0) is 55.8 Å². The summed E-state index contributed by atoms with van der Waals surface area (Å²) >= 11 is 0. The van der Waals surface area contributed by atoms with Gasteiger partial charge in [0, 0.05) is 12.1 Å². The molecule has 3 amide bonds. The van der Waals surface area contributed by atoms with E-state index in [2.05, 4.69) is 5.32 Å². The second kappa shape index (κ2) is 9.11. The SMILES string of the molecule is CC(=O)c1ccc(N2C(=O)N(CC(=O)NCc3ccc(C)cc3)c3ccccc3S2(=O)=O)cc1. The predicted octanol–water partition coefficient (Wildman–Crippen LogP) is 3.65. The van der Waals surface area contributed by atoms with E-state index < -0.39 is 22.0 Å². The molecule has 1 heterocycles. The normalized spacial score (nSPS) is 14.5. The standard InChI is InChI=1S/C25H23N3O5S/c1-17-7-9-19(10-8-17)15-26-24(30)16-27-22-5-3-4-6-23(22)34(32,33)28(25(27)31)21-13-11-20(12-14-21)18(2)29/h3-14H,15-16H2,1-2H3,(H,26,30). The Hall–Kier alpha value is -3.98. The smallest absolute Gasteiger partial charge is 0.343 e. The maximum absolute atomic E-state index is 13.4. The number of ketones is 1. The van der Waals surface area contributed by atoms with Crippen molar-refractivity contribution in [3.05, 3.63) is 89.5 Å². The van der Waals surface area contributed by atoms with Crippen LogP contribution in [0.4, 0.5) is 16.2 Å². The number of nitrogens with one attached hydrogen (secondary N) is 1. The van der Waals surface area contributed by atoms with Crippen LogP contribution in [0.3, 0.4) is 0 Å². The Balaban J connectivity index is 1.64. The Labute approximate surface area is 197 Å². The number of hydrogen-bond acceptors (Lipinski definition) is 5. The van der Waals surface area contributed by atoms with Crippen LogP contribution in [-0.2, 0) is 21.4 Å². The van der Waals surface area contributed by atoms with Crippen molar-refractivity contribution in [1.29, 1.82) is 0 Å². The van der Waals surface area contributed by atoms with Gasteiger partial charge >= 0.3 is 6.03 Å². The molecule has 1 aliphatic heterocycles. The van der Waals surface area contributed by atoms with E-state index in [1.54, 1.807) is 12.1 Å². The highest BCUT2D eigenvalue weighted by atomic mass is 32.2. The summed E-state index contributed by atoms with van der Waals surface area (Å²) in [6.07, 6.45) is 0. The monoisotopic (exact) mass is 477 g/mol. The first-order valence-corrected chi connectivity index (χ1v) is 12.0. The van der Waals surface area contributed by atoms with E-state index >= 15 is 0 Å². The first kappa shape index (κ1) is 23.2. The number of fused-ring (bicyclic) bond motifs is 1. The molecule has 0 bridgehead atoms. The van der Waals surface area contributed by atoms with Crippen molar-refractivity contribution < 1.29 is 22.8 Å². The molecule has 0 atom stereocenters. The van der Waals surface area contributed by atoms with Crippen LogP contribution in [0.25, 0.3) is 0 Å². The van der Waals surface area contributed by atoms with Crippen molar-refractivity contribution in [3.8, 4) is 0 Å². The number of nitrogens with zero attached hydrogens (tertiary/aromatic N) is 2. The Kier molecular flexibility index (Phi) is 6.21. The van der Waals surface area contributed by atoms with Gasteiger partial charge in [0.25, 0.3) is 10.0 Å². The molecule has 0 saturated heterocycles. The lowest BCUT2D eigenvalue weighted by Gasteiger charge is -2.35. The highest BCUT2D eigenvalue weighted by Crippen LogP contribution is 2.37. The Morgan fingerprint density at radius 1 is 0.912 bits per heavy atom. The number of carbonyl (C=O) groups is 3. The van der Waals surface area contributed by atoms with Crippen molar-refractivity contribution in [3.63, 3.8) is 0 Å². The maximum Gasteiger partial charge on any atom is 0.343 e. The number of sulfonamides is 1. The average Bonchev–Trinajstić information content (AvgIpc) is 2.82. The summed E-state index contributed by atoms with van der Waals surface area (Å²) < 4.78 is 27.3. The minimum absolute atomic E-state index is 0.0783. The molecule has 8 nitrogen and oxygen atoms in total. The quantitative estimate of drug-likeness (QED) is 0.546. The summed E-state index contributed by atoms with van der Waals surface area (Å²) in [5.41, 5.74) is 2.60. The lowest BCUT2D eigenvalue weighted by molar-refractivity contribution is -0.119. The zero-order valence-electron chi connectivity index (χ0n) is 18.7. The maximum atomic E-state index is 13.4. The topological polar surface area (TPSA) is 104 Å². The third-order valence-electron chi connectivity index (χ3n) is 5.50. The molecule has 174 valence electrons. The van der Waals surface area contributed by atoms with Crippen molar-refractivity contribution in [2.24, 2.45) is 0 Å². The fourth-order valence-corrected chi connectivity index (χ4v) is 5.24. The minimum atomic E-state index is -4.22. The van der Waals surface area contributed by atoms with E-state index in [1.165, 1.54) is 43.3 Å². The number of benzene rings is 3. The highest BCUT2D eigenvalue weighted by Gasteiger charge is 2.43. The van der Waals surface area contributed by atoms with Crippen LogP contribution >= 0.6 is 0 Å². The largest absolute Gasteiger partial charge is 0.350 e. The lowest BCUT2D eigenvalue weighted by Crippen LogP contribution is -2.53. The molecule has 1 aliphatic rings. The van der Waals surface area contributed by atoms with E-state index in [0.717, 1.165) is 16.0 Å². The first-order chi connectivity index (χ1) is 16.2. The number of amides is 3. The molecule has 4 rings (SSSR count). The molecule has 0 saturated carbocycles. The van der Waals surface area contributed by atoms with Crippen LogP contribution in [-0.4, -0.2) is 32.7 Å². The van der Waals surface area contributed by atoms with Crippen molar-refractivity contribution in [1.82, 2.24) is 5.32 Å². The molecule has 0 aliphatic carbocycles. The number of anilines is 2. The summed E-state index contributed by atoms with van der Waals surface area (Å²) in [4.78, 5) is 38.8. The van der Waals surface area contributed by atoms with E-state index in [4.69, 9.17) is 0 Å². The van der Waals surface area contributed by atoms with Gasteiger partial charge in [-0.25, -0.2) is 13.2 Å². The summed E-state index contributed by atoms with van der Waals surface area (Å²) in [6, 6.07) is 18.6. The predicted molar refractivity (Wildman–Crippen MR) is 128 cm³/mol. The van der Waals surface area contributed by atoms with Crippen LogP contribution in [0.15, 0.2) is 77.7 Å². The summed E-state index contributed by atoms with van der Waals surface area (Å²) in [7, 11) is -4.22. The summed E-state index contributed by atoms with van der Waals surface area (Å²) in [5, 5.41) is 2.77. The number of aryl methyl sites for hydroxylation is 1. The van der Waals surface area contributed by atoms with Crippen LogP contribution in [0.1, 0.15) is 28.4 Å². The van der Waals surface area contributed by atoms with Gasteiger partial charge < -0.3 is 5.32 Å². The average molecular weight is 478 g/mol. The second-order valence-electron chi connectivity index (χ2n) is 7.97. The fraction of sp³-hybridized carbons (Fsp3) is 0.160. The molecule has 3 aromatic rings. The Bertz CT molecular complexity index is 1370. The lowest BCUT2D eigenvalue weighted by atomic mass is 10.1. The molecule has 3 aromatic carbocycles. The van der Waals surface area contributed by atoms with Crippen molar-refractivity contribution in [2.45, 2.75) is 25.3 Å². The van der Waals surface area contributed by atoms with Gasteiger partial charge in [0.2, 0.25) is 5.91 Å². The van der Waals surface area contributed by atoms with Gasteiger partial charge in [0.1, 0.15) is 11.4 Å². The summed E-state index contributed by atoms with van der Waals surface area (Å²) in [5.74, 6) is -0.619. The Morgan fingerprint density at radius 2 is 1.56 bits per heavy atom. The van der Waals surface area contributed by atoms with Gasteiger partial charge in [-0.15, -0.1) is 0 Å². The highest BCUT2D eigenvalue weighted by molar-refractivity contribution is 7.94. The third-order valence-corrected chi connectivity index (χ3v) is 7.25. The molecular weight excluding hydrogens is 454 g/mol. The van der Waals surface area contributed by atoms with Gasteiger partial charge in [-0.3, -0.25) is 14.5 Å². The van der Waals surface area contributed by atoms with E-state index in [1.807, 2.05) is 31.2 Å². The number of para-hydroxylation sites is 1.